The molecule has 0 atom stereocenters. The molecule has 30 heavy (non-hydrogen) atoms. The van der Waals surface area contributed by atoms with Crippen LogP contribution >= 0.6 is 0 Å². The minimum Gasteiger partial charge on any atom is -0.493 e. The Bertz CT molecular complexity index is 1090. The average Bonchev–Trinajstić information content (AvgIpc) is 2.78. The molecule has 3 rings (SSSR count). The molecule has 0 radical (unpaired) electrons. The lowest BCUT2D eigenvalue weighted by Crippen LogP contribution is -2.24. The number of amides is 1. The third-order valence-electron chi connectivity index (χ3n) is 4.09. The molecule has 8 heteroatoms. The van der Waals surface area contributed by atoms with Gasteiger partial charge in [-0.25, -0.2) is 10.2 Å². The molecule has 0 spiro atoms. The Morgan fingerprint density at radius 1 is 1.17 bits per heavy atom. The molecule has 0 aliphatic rings. The molecule has 0 saturated carbocycles. The molecule has 0 fully saturated rings. The van der Waals surface area contributed by atoms with Gasteiger partial charge < -0.3 is 14.5 Å². The van der Waals surface area contributed by atoms with Crippen LogP contribution < -0.4 is 20.6 Å². The number of benzene rings is 2. The topological polar surface area (TPSA) is 106 Å². The van der Waals surface area contributed by atoms with Gasteiger partial charge in [0.2, 0.25) is 0 Å². The van der Waals surface area contributed by atoms with Crippen LogP contribution in [0.25, 0.3) is 11.3 Å². The van der Waals surface area contributed by atoms with E-state index in [-0.39, 0.29) is 5.69 Å². The van der Waals surface area contributed by atoms with Gasteiger partial charge in [-0.05, 0) is 36.2 Å². The standard InChI is InChI=1S/C22H22N4O4/c1-3-11-30-20-12-15(9-10-19(20)29-2)14-23-26-21(27)18-13-17(24-22(28)25-18)16-7-5-4-6-8-16/h4-10,12-14H,3,11H2,1-2H3,(H,26,27)(H,24,25,28)/b23-14+. The van der Waals surface area contributed by atoms with E-state index in [9.17, 15) is 9.59 Å². The van der Waals surface area contributed by atoms with Crippen molar-refractivity contribution in [2.45, 2.75) is 13.3 Å². The van der Waals surface area contributed by atoms with Gasteiger partial charge in [0.05, 0.1) is 25.6 Å². The van der Waals surface area contributed by atoms with Crippen LogP contribution in [0.1, 0.15) is 29.4 Å². The second-order valence-corrected chi connectivity index (χ2v) is 6.31. The second-order valence-electron chi connectivity index (χ2n) is 6.31. The minimum absolute atomic E-state index is 0.0627. The number of carbonyl (C=O) groups excluding carboxylic acids is 1. The maximum atomic E-state index is 12.4. The van der Waals surface area contributed by atoms with E-state index in [1.165, 1.54) is 12.3 Å². The molecule has 0 saturated heterocycles. The highest BCUT2D eigenvalue weighted by Gasteiger charge is 2.10. The van der Waals surface area contributed by atoms with E-state index in [0.717, 1.165) is 17.5 Å². The van der Waals surface area contributed by atoms with Gasteiger partial charge in [-0.3, -0.25) is 4.79 Å². The minimum atomic E-state index is -0.613. The third-order valence-corrected chi connectivity index (χ3v) is 4.09. The molecule has 1 heterocycles. The van der Waals surface area contributed by atoms with E-state index in [1.807, 2.05) is 37.3 Å². The van der Waals surface area contributed by atoms with E-state index in [2.05, 4.69) is 20.5 Å². The number of carbonyl (C=O) groups is 1. The van der Waals surface area contributed by atoms with Crippen molar-refractivity contribution in [3.63, 3.8) is 0 Å². The molecular weight excluding hydrogens is 384 g/mol. The summed E-state index contributed by atoms with van der Waals surface area (Å²) in [5.74, 6) is 0.659. The number of hydrazone groups is 1. The summed E-state index contributed by atoms with van der Waals surface area (Å²) in [5.41, 5.74) is 3.71. The molecule has 1 amide bonds. The van der Waals surface area contributed by atoms with E-state index < -0.39 is 11.6 Å². The van der Waals surface area contributed by atoms with Gasteiger partial charge in [0.25, 0.3) is 5.91 Å². The number of aromatic nitrogens is 2. The smallest absolute Gasteiger partial charge is 0.346 e. The van der Waals surface area contributed by atoms with Crippen molar-refractivity contribution in [2.24, 2.45) is 5.10 Å². The van der Waals surface area contributed by atoms with Gasteiger partial charge >= 0.3 is 5.69 Å². The molecule has 154 valence electrons. The SMILES string of the molecule is CCCOc1cc(/C=N/NC(=O)c2cc(-c3ccccc3)nc(=O)[nH]2)ccc1OC. The fourth-order valence-corrected chi connectivity index (χ4v) is 2.66. The van der Waals surface area contributed by atoms with E-state index >= 15 is 0 Å². The lowest BCUT2D eigenvalue weighted by atomic mass is 10.1. The normalized spacial score (nSPS) is 10.7. The van der Waals surface area contributed by atoms with Gasteiger partial charge in [-0.1, -0.05) is 37.3 Å². The molecule has 3 aromatic rings. The highest BCUT2D eigenvalue weighted by atomic mass is 16.5. The highest BCUT2D eigenvalue weighted by molar-refractivity contribution is 5.94. The van der Waals surface area contributed by atoms with Gasteiger partial charge in [0.15, 0.2) is 11.5 Å². The zero-order chi connectivity index (χ0) is 21.3. The Morgan fingerprint density at radius 2 is 1.97 bits per heavy atom. The van der Waals surface area contributed by atoms with Gasteiger partial charge in [-0.15, -0.1) is 0 Å². The number of hydrogen-bond donors (Lipinski definition) is 2. The van der Waals surface area contributed by atoms with Crippen LogP contribution in [0.3, 0.4) is 0 Å². The summed E-state index contributed by atoms with van der Waals surface area (Å²) < 4.78 is 10.9. The van der Waals surface area contributed by atoms with Gasteiger partial charge in [-0.2, -0.15) is 10.1 Å². The largest absolute Gasteiger partial charge is 0.493 e. The van der Waals surface area contributed by atoms with Crippen LogP contribution in [0.5, 0.6) is 11.5 Å². The summed E-state index contributed by atoms with van der Waals surface area (Å²) in [6.07, 6.45) is 2.35. The molecule has 2 aromatic carbocycles. The molecule has 0 bridgehead atoms. The molecular formula is C22H22N4O4. The van der Waals surface area contributed by atoms with E-state index in [0.29, 0.717) is 23.8 Å². The second kappa shape index (κ2) is 10.0. The fraction of sp³-hybridized carbons (Fsp3) is 0.182. The lowest BCUT2D eigenvalue weighted by Gasteiger charge is -2.10. The Morgan fingerprint density at radius 3 is 2.70 bits per heavy atom. The zero-order valence-electron chi connectivity index (χ0n) is 16.7. The monoisotopic (exact) mass is 406 g/mol. The van der Waals surface area contributed by atoms with Crippen molar-refractivity contribution in [3.8, 4) is 22.8 Å². The van der Waals surface area contributed by atoms with Crippen molar-refractivity contribution < 1.29 is 14.3 Å². The van der Waals surface area contributed by atoms with Crippen LogP contribution in [0, 0.1) is 0 Å². The molecule has 1 aromatic heterocycles. The summed E-state index contributed by atoms with van der Waals surface area (Å²) >= 11 is 0. The first kappa shape index (κ1) is 20.8. The maximum Gasteiger partial charge on any atom is 0.346 e. The third kappa shape index (κ3) is 5.32. The van der Waals surface area contributed by atoms with Crippen molar-refractivity contribution >= 4 is 12.1 Å². The Balaban J connectivity index is 1.73. The number of H-pyrrole nitrogens is 1. The lowest BCUT2D eigenvalue weighted by molar-refractivity contribution is 0.0949. The van der Waals surface area contributed by atoms with Crippen molar-refractivity contribution in [1.82, 2.24) is 15.4 Å². The number of hydrogen-bond acceptors (Lipinski definition) is 6. The Kier molecular flexibility index (Phi) is 6.94. The summed E-state index contributed by atoms with van der Waals surface area (Å²) in [6, 6.07) is 16.0. The number of aromatic amines is 1. The summed E-state index contributed by atoms with van der Waals surface area (Å²) in [4.78, 5) is 30.6. The first-order chi connectivity index (χ1) is 14.6. The molecule has 0 aliphatic heterocycles. The van der Waals surface area contributed by atoms with Crippen molar-refractivity contribution in [2.75, 3.05) is 13.7 Å². The van der Waals surface area contributed by atoms with E-state index in [4.69, 9.17) is 9.47 Å². The predicted molar refractivity (Wildman–Crippen MR) is 114 cm³/mol. The first-order valence-electron chi connectivity index (χ1n) is 9.41. The average molecular weight is 406 g/mol. The molecule has 8 nitrogen and oxygen atoms in total. The predicted octanol–water partition coefficient (Wildman–Crippen LogP) is 3.00. The van der Waals surface area contributed by atoms with Crippen LogP contribution in [0.2, 0.25) is 0 Å². The number of methoxy groups -OCH3 is 1. The van der Waals surface area contributed by atoms with Crippen molar-refractivity contribution in [1.29, 1.82) is 0 Å². The summed E-state index contributed by atoms with van der Waals surface area (Å²) in [6.45, 7) is 2.58. The quantitative estimate of drug-likeness (QED) is 0.442. The number of nitrogens with one attached hydrogen (secondary N) is 2. The Labute approximate surface area is 173 Å². The van der Waals surface area contributed by atoms with Crippen LogP contribution in [0.4, 0.5) is 0 Å². The molecule has 0 aliphatic carbocycles. The van der Waals surface area contributed by atoms with Gasteiger partial charge in [0.1, 0.15) is 5.69 Å². The highest BCUT2D eigenvalue weighted by Crippen LogP contribution is 2.27. The summed E-state index contributed by atoms with van der Waals surface area (Å²) in [7, 11) is 1.57. The zero-order valence-corrected chi connectivity index (χ0v) is 16.7. The van der Waals surface area contributed by atoms with Crippen LogP contribution in [0.15, 0.2) is 64.5 Å². The number of rotatable bonds is 8. The van der Waals surface area contributed by atoms with E-state index in [1.54, 1.807) is 25.3 Å². The number of nitrogens with zero attached hydrogens (tertiary/aromatic N) is 2. The van der Waals surface area contributed by atoms with Crippen molar-refractivity contribution in [3.05, 3.63) is 76.3 Å². The molecule has 2 N–H and O–H groups in total. The first-order valence-corrected chi connectivity index (χ1v) is 9.41. The number of ether oxygens (including phenoxy) is 2. The fourth-order valence-electron chi connectivity index (χ4n) is 2.66. The van der Waals surface area contributed by atoms with Gasteiger partial charge in [0, 0.05) is 5.56 Å². The summed E-state index contributed by atoms with van der Waals surface area (Å²) in [5, 5.41) is 3.96. The van der Waals surface area contributed by atoms with Crippen LogP contribution in [-0.2, 0) is 0 Å². The van der Waals surface area contributed by atoms with Crippen LogP contribution in [-0.4, -0.2) is 35.8 Å². The maximum absolute atomic E-state index is 12.4. The Hall–Kier alpha value is -3.94. The molecule has 0 unspecified atom stereocenters.